The van der Waals surface area contributed by atoms with Crippen molar-refractivity contribution >= 4 is 0 Å². The molecule has 18 heavy (non-hydrogen) atoms. The molecule has 0 aromatic carbocycles. The first-order chi connectivity index (χ1) is 8.69. The summed E-state index contributed by atoms with van der Waals surface area (Å²) in [5.41, 5.74) is 0. The van der Waals surface area contributed by atoms with Crippen LogP contribution in [0.5, 0.6) is 0 Å². The Morgan fingerprint density at radius 2 is 2.22 bits per heavy atom. The lowest BCUT2D eigenvalue weighted by Gasteiger charge is -2.39. The average molecular weight is 252 g/mol. The lowest BCUT2D eigenvalue weighted by molar-refractivity contribution is -0.0560. The molecule has 1 rings (SSSR count). The van der Waals surface area contributed by atoms with Crippen LogP contribution in [-0.4, -0.2) is 49.3 Å². The summed E-state index contributed by atoms with van der Waals surface area (Å²) in [6.07, 6.45) is 2.33. The molecule has 1 heterocycles. The van der Waals surface area contributed by atoms with Gasteiger partial charge in [0.05, 0.1) is 12.7 Å². The first-order valence-electron chi connectivity index (χ1n) is 7.17. The highest BCUT2D eigenvalue weighted by atomic mass is 16.5. The van der Waals surface area contributed by atoms with Crippen LogP contribution in [0.15, 0.2) is 0 Å². The van der Waals surface area contributed by atoms with Gasteiger partial charge in [-0.2, -0.15) is 0 Å². The summed E-state index contributed by atoms with van der Waals surface area (Å²) in [7, 11) is 0. The van der Waals surface area contributed by atoms with Gasteiger partial charge in [-0.3, -0.25) is 4.90 Å². The van der Waals surface area contributed by atoms with Crippen LogP contribution in [0.1, 0.15) is 40.5 Å². The molecule has 1 aliphatic heterocycles. The van der Waals surface area contributed by atoms with Crippen molar-refractivity contribution in [3.8, 4) is 11.8 Å². The summed E-state index contributed by atoms with van der Waals surface area (Å²) in [5.74, 6) is 6.12. The monoisotopic (exact) mass is 252 g/mol. The molecule has 2 atom stereocenters. The Kier molecular flexibility index (Phi) is 7.34. The predicted molar refractivity (Wildman–Crippen MR) is 76.6 cm³/mol. The van der Waals surface area contributed by atoms with Crippen molar-refractivity contribution in [1.82, 2.24) is 10.2 Å². The van der Waals surface area contributed by atoms with Gasteiger partial charge in [-0.05, 0) is 33.7 Å². The zero-order chi connectivity index (χ0) is 13.4. The second-order valence-corrected chi connectivity index (χ2v) is 5.13. The average Bonchev–Trinajstić information content (AvgIpc) is 2.38. The summed E-state index contributed by atoms with van der Waals surface area (Å²) < 4.78 is 5.95. The van der Waals surface area contributed by atoms with E-state index >= 15 is 0 Å². The Morgan fingerprint density at radius 1 is 1.44 bits per heavy atom. The van der Waals surface area contributed by atoms with Gasteiger partial charge in [-0.1, -0.05) is 6.92 Å². The molecule has 0 aromatic rings. The second kappa shape index (κ2) is 8.53. The largest absolute Gasteiger partial charge is 0.374 e. The summed E-state index contributed by atoms with van der Waals surface area (Å²) in [5, 5.41) is 3.55. The molecule has 0 aromatic heterocycles. The van der Waals surface area contributed by atoms with Crippen molar-refractivity contribution in [2.45, 2.75) is 58.7 Å². The highest BCUT2D eigenvalue weighted by Crippen LogP contribution is 2.14. The van der Waals surface area contributed by atoms with E-state index in [1.54, 1.807) is 0 Å². The van der Waals surface area contributed by atoms with Crippen molar-refractivity contribution in [3.05, 3.63) is 0 Å². The van der Waals surface area contributed by atoms with Crippen molar-refractivity contribution in [2.75, 3.05) is 26.2 Å². The van der Waals surface area contributed by atoms with Gasteiger partial charge in [0.25, 0.3) is 0 Å². The SMILES string of the molecule is CC#CCCC(NCC)C1CN(C(C)C)CCO1. The summed E-state index contributed by atoms with van der Waals surface area (Å²) >= 11 is 0. The summed E-state index contributed by atoms with van der Waals surface area (Å²) in [4.78, 5) is 2.50. The highest BCUT2D eigenvalue weighted by molar-refractivity contribution is 4.96. The Balaban J connectivity index is 2.51. The van der Waals surface area contributed by atoms with Crippen molar-refractivity contribution in [1.29, 1.82) is 0 Å². The van der Waals surface area contributed by atoms with Crippen LogP contribution < -0.4 is 5.32 Å². The normalized spacial score (nSPS) is 22.6. The number of hydrogen-bond acceptors (Lipinski definition) is 3. The van der Waals surface area contributed by atoms with E-state index in [1.165, 1.54) is 0 Å². The molecule has 1 aliphatic rings. The number of likely N-dealkylation sites (N-methyl/N-ethyl adjacent to an activating group) is 1. The third-order valence-electron chi connectivity index (χ3n) is 3.53. The lowest BCUT2D eigenvalue weighted by atomic mass is 10.0. The highest BCUT2D eigenvalue weighted by Gasteiger charge is 2.28. The van der Waals surface area contributed by atoms with E-state index in [2.05, 4.69) is 42.8 Å². The third-order valence-corrected chi connectivity index (χ3v) is 3.53. The molecule has 0 spiro atoms. The van der Waals surface area contributed by atoms with E-state index in [9.17, 15) is 0 Å². The van der Waals surface area contributed by atoms with E-state index in [4.69, 9.17) is 4.74 Å². The molecule has 0 saturated carbocycles. The molecule has 3 heteroatoms. The molecule has 0 bridgehead atoms. The van der Waals surface area contributed by atoms with Crippen LogP contribution in [0.25, 0.3) is 0 Å². The lowest BCUT2D eigenvalue weighted by Crippen LogP contribution is -2.53. The number of morpholine rings is 1. The minimum absolute atomic E-state index is 0.305. The van der Waals surface area contributed by atoms with Gasteiger partial charge in [0, 0.05) is 31.6 Å². The van der Waals surface area contributed by atoms with Crippen LogP contribution in [0.4, 0.5) is 0 Å². The van der Waals surface area contributed by atoms with E-state index < -0.39 is 0 Å². The Bertz CT molecular complexity index is 280. The zero-order valence-electron chi connectivity index (χ0n) is 12.3. The quantitative estimate of drug-likeness (QED) is 0.731. The molecular formula is C15H28N2O. The van der Waals surface area contributed by atoms with E-state index in [-0.39, 0.29) is 0 Å². The molecule has 1 saturated heterocycles. The number of hydrogen-bond donors (Lipinski definition) is 1. The molecule has 3 nitrogen and oxygen atoms in total. The van der Waals surface area contributed by atoms with Crippen LogP contribution in [-0.2, 0) is 4.74 Å². The number of nitrogens with zero attached hydrogens (tertiary/aromatic N) is 1. The van der Waals surface area contributed by atoms with Gasteiger partial charge in [-0.25, -0.2) is 0 Å². The molecule has 0 radical (unpaired) electrons. The minimum atomic E-state index is 0.305. The smallest absolute Gasteiger partial charge is 0.0855 e. The maximum atomic E-state index is 5.95. The van der Waals surface area contributed by atoms with Gasteiger partial charge >= 0.3 is 0 Å². The Labute approximate surface area is 112 Å². The molecular weight excluding hydrogens is 224 g/mol. The number of ether oxygens (including phenoxy) is 1. The van der Waals surface area contributed by atoms with E-state index in [0.29, 0.717) is 18.2 Å². The van der Waals surface area contributed by atoms with Crippen LogP contribution in [0.3, 0.4) is 0 Å². The fourth-order valence-corrected chi connectivity index (χ4v) is 2.44. The van der Waals surface area contributed by atoms with Gasteiger partial charge < -0.3 is 10.1 Å². The van der Waals surface area contributed by atoms with Gasteiger partial charge in [0.2, 0.25) is 0 Å². The summed E-state index contributed by atoms with van der Waals surface area (Å²) in [6, 6.07) is 1.03. The third kappa shape index (κ3) is 4.97. The molecule has 1 fully saturated rings. The molecule has 0 amide bonds. The maximum absolute atomic E-state index is 5.95. The zero-order valence-corrected chi connectivity index (χ0v) is 12.3. The van der Waals surface area contributed by atoms with Crippen LogP contribution in [0.2, 0.25) is 0 Å². The van der Waals surface area contributed by atoms with Crippen LogP contribution >= 0.6 is 0 Å². The second-order valence-electron chi connectivity index (χ2n) is 5.13. The van der Waals surface area contributed by atoms with E-state index in [1.807, 2.05) is 6.92 Å². The standard InChI is InChI=1S/C15H28N2O/c1-5-7-8-9-14(16-6-2)15-12-17(13(3)4)10-11-18-15/h13-16H,6,8-12H2,1-4H3. The van der Waals surface area contributed by atoms with E-state index in [0.717, 1.165) is 39.1 Å². The molecule has 0 aliphatic carbocycles. The van der Waals surface area contributed by atoms with Crippen molar-refractivity contribution in [3.63, 3.8) is 0 Å². The molecule has 104 valence electrons. The first-order valence-corrected chi connectivity index (χ1v) is 7.17. The van der Waals surface area contributed by atoms with Gasteiger partial charge in [-0.15, -0.1) is 11.8 Å². The predicted octanol–water partition coefficient (Wildman–Crippen LogP) is 1.88. The topological polar surface area (TPSA) is 24.5 Å². The fourth-order valence-electron chi connectivity index (χ4n) is 2.44. The maximum Gasteiger partial charge on any atom is 0.0855 e. The van der Waals surface area contributed by atoms with Gasteiger partial charge in [0.15, 0.2) is 0 Å². The molecule has 2 unspecified atom stereocenters. The van der Waals surface area contributed by atoms with Crippen molar-refractivity contribution in [2.24, 2.45) is 0 Å². The van der Waals surface area contributed by atoms with Crippen molar-refractivity contribution < 1.29 is 4.74 Å². The Hall–Kier alpha value is -0.560. The van der Waals surface area contributed by atoms with Crippen LogP contribution in [0, 0.1) is 11.8 Å². The number of rotatable bonds is 6. The number of nitrogens with one attached hydrogen (secondary N) is 1. The van der Waals surface area contributed by atoms with Gasteiger partial charge in [0.1, 0.15) is 0 Å². The Morgan fingerprint density at radius 3 is 2.83 bits per heavy atom. The fraction of sp³-hybridized carbons (Fsp3) is 0.867. The minimum Gasteiger partial charge on any atom is -0.374 e. The first kappa shape index (κ1) is 15.5. The summed E-state index contributed by atoms with van der Waals surface area (Å²) in [6.45, 7) is 12.5. The molecule has 1 N–H and O–H groups in total.